The fraction of sp³-hybridized carbons (Fsp3) is 0.833. The number of carbonyl (C=O) groups is 2. The Kier molecular flexibility index (Phi) is 8.40. The first-order chi connectivity index (χ1) is 7.95. The second-order valence-electron chi connectivity index (χ2n) is 4.01. The van der Waals surface area contributed by atoms with Crippen LogP contribution in [-0.4, -0.2) is 29.4 Å². The molecule has 0 aliphatic heterocycles. The van der Waals surface area contributed by atoms with Crippen molar-refractivity contribution >= 4 is 11.9 Å². The Balaban J connectivity index is 3.60. The van der Waals surface area contributed by atoms with Crippen molar-refractivity contribution in [3.63, 3.8) is 0 Å². The highest BCUT2D eigenvalue weighted by Crippen LogP contribution is 2.06. The molecule has 0 saturated heterocycles. The molecule has 0 aliphatic rings. The van der Waals surface area contributed by atoms with E-state index in [1.165, 1.54) is 0 Å². The van der Waals surface area contributed by atoms with Gasteiger partial charge in [0.05, 0.1) is 6.10 Å². The van der Waals surface area contributed by atoms with E-state index in [0.717, 1.165) is 6.42 Å². The van der Waals surface area contributed by atoms with Gasteiger partial charge in [0, 0.05) is 12.8 Å². The van der Waals surface area contributed by atoms with Gasteiger partial charge in [0.25, 0.3) is 0 Å². The predicted molar refractivity (Wildman–Crippen MR) is 62.5 cm³/mol. The first-order valence-electron chi connectivity index (χ1n) is 6.02. The summed E-state index contributed by atoms with van der Waals surface area (Å²) >= 11 is 0. The fourth-order valence-electron chi connectivity index (χ4n) is 1.24. The molecule has 0 bridgehead atoms. The second kappa shape index (κ2) is 8.98. The van der Waals surface area contributed by atoms with Gasteiger partial charge in [-0.05, 0) is 33.1 Å². The van der Waals surface area contributed by atoms with Crippen molar-refractivity contribution in [1.29, 1.82) is 0 Å². The van der Waals surface area contributed by atoms with Gasteiger partial charge in [0.1, 0.15) is 0 Å². The second-order valence-corrected chi connectivity index (χ2v) is 4.01. The Bertz CT molecular complexity index is 239. The summed E-state index contributed by atoms with van der Waals surface area (Å²) < 4.78 is 10.4. The summed E-state index contributed by atoms with van der Waals surface area (Å²) in [6.45, 7) is 5.59. The van der Waals surface area contributed by atoms with E-state index in [0.29, 0.717) is 12.8 Å². The molecule has 1 N–H and O–H groups in total. The van der Waals surface area contributed by atoms with Crippen molar-refractivity contribution < 1.29 is 24.2 Å². The lowest BCUT2D eigenvalue weighted by molar-refractivity contribution is -0.183. The number of carboxylic acids is 1. The average Bonchev–Trinajstić information content (AvgIpc) is 2.23. The molecule has 5 nitrogen and oxygen atoms in total. The summed E-state index contributed by atoms with van der Waals surface area (Å²) in [6.07, 6.45) is 1.72. The lowest BCUT2D eigenvalue weighted by Gasteiger charge is -2.18. The standard InChI is InChI=1S/C12H22O5/c1-4-9(2)16-10(3)17-12(15)8-6-5-7-11(13)14/h9-10H,4-8H2,1-3H3,(H,13,14). The molecule has 0 aromatic rings. The van der Waals surface area contributed by atoms with Crippen LogP contribution in [0.3, 0.4) is 0 Å². The van der Waals surface area contributed by atoms with Gasteiger partial charge in [-0.2, -0.15) is 0 Å². The van der Waals surface area contributed by atoms with Crippen LogP contribution < -0.4 is 0 Å². The Morgan fingerprint density at radius 1 is 1.18 bits per heavy atom. The first kappa shape index (κ1) is 15.9. The highest BCUT2D eigenvalue weighted by atomic mass is 16.7. The molecule has 17 heavy (non-hydrogen) atoms. The summed E-state index contributed by atoms with van der Waals surface area (Å²) in [5.74, 6) is -1.18. The summed E-state index contributed by atoms with van der Waals surface area (Å²) in [4.78, 5) is 21.6. The molecule has 0 saturated carbocycles. The fourth-order valence-corrected chi connectivity index (χ4v) is 1.24. The number of rotatable bonds is 9. The number of unbranched alkanes of at least 4 members (excludes halogenated alkanes) is 1. The Hall–Kier alpha value is -1.10. The maximum Gasteiger partial charge on any atom is 0.308 e. The van der Waals surface area contributed by atoms with Crippen molar-refractivity contribution in [2.24, 2.45) is 0 Å². The van der Waals surface area contributed by atoms with Gasteiger partial charge in [-0.25, -0.2) is 0 Å². The molecule has 0 radical (unpaired) electrons. The molecular weight excluding hydrogens is 224 g/mol. The minimum absolute atomic E-state index is 0.0600. The van der Waals surface area contributed by atoms with Crippen molar-refractivity contribution in [2.75, 3.05) is 0 Å². The molecule has 100 valence electrons. The maximum atomic E-state index is 11.3. The van der Waals surface area contributed by atoms with Gasteiger partial charge < -0.3 is 14.6 Å². The highest BCUT2D eigenvalue weighted by molar-refractivity contribution is 5.69. The van der Waals surface area contributed by atoms with Crippen molar-refractivity contribution in [3.05, 3.63) is 0 Å². The van der Waals surface area contributed by atoms with Gasteiger partial charge in [-0.1, -0.05) is 6.92 Å². The van der Waals surface area contributed by atoms with Crippen LogP contribution in [0, 0.1) is 0 Å². The Morgan fingerprint density at radius 3 is 2.29 bits per heavy atom. The van der Waals surface area contributed by atoms with E-state index >= 15 is 0 Å². The van der Waals surface area contributed by atoms with E-state index in [9.17, 15) is 9.59 Å². The number of hydrogen-bond donors (Lipinski definition) is 1. The van der Waals surface area contributed by atoms with E-state index in [-0.39, 0.29) is 24.9 Å². The van der Waals surface area contributed by atoms with Crippen LogP contribution in [0.15, 0.2) is 0 Å². The molecule has 5 heteroatoms. The lowest BCUT2D eigenvalue weighted by atomic mass is 10.2. The topological polar surface area (TPSA) is 72.8 Å². The molecule has 0 amide bonds. The van der Waals surface area contributed by atoms with E-state index in [4.69, 9.17) is 14.6 Å². The van der Waals surface area contributed by atoms with Crippen molar-refractivity contribution in [3.8, 4) is 0 Å². The van der Waals surface area contributed by atoms with Crippen molar-refractivity contribution in [1.82, 2.24) is 0 Å². The zero-order valence-corrected chi connectivity index (χ0v) is 10.8. The molecule has 0 aliphatic carbocycles. The summed E-state index contributed by atoms with van der Waals surface area (Å²) in [5.41, 5.74) is 0. The van der Waals surface area contributed by atoms with E-state index in [1.807, 2.05) is 13.8 Å². The van der Waals surface area contributed by atoms with Crippen LogP contribution in [0.2, 0.25) is 0 Å². The normalized spacial score (nSPS) is 14.1. The summed E-state index contributed by atoms with van der Waals surface area (Å²) in [6, 6.07) is 0. The average molecular weight is 246 g/mol. The third-order valence-corrected chi connectivity index (χ3v) is 2.32. The summed E-state index contributed by atoms with van der Waals surface area (Å²) in [7, 11) is 0. The van der Waals surface area contributed by atoms with Gasteiger partial charge in [0.15, 0.2) is 6.29 Å². The van der Waals surface area contributed by atoms with Gasteiger partial charge in [-0.15, -0.1) is 0 Å². The van der Waals surface area contributed by atoms with Crippen LogP contribution in [0.5, 0.6) is 0 Å². The largest absolute Gasteiger partial charge is 0.481 e. The number of carbonyl (C=O) groups excluding carboxylic acids is 1. The number of aliphatic carboxylic acids is 1. The Labute approximate surface area is 102 Å². The van der Waals surface area contributed by atoms with Crippen LogP contribution in [0.4, 0.5) is 0 Å². The smallest absolute Gasteiger partial charge is 0.308 e. The molecule has 2 atom stereocenters. The number of esters is 1. The zero-order chi connectivity index (χ0) is 13.3. The number of hydrogen-bond acceptors (Lipinski definition) is 4. The zero-order valence-electron chi connectivity index (χ0n) is 10.8. The van der Waals surface area contributed by atoms with Crippen molar-refractivity contribution in [2.45, 2.75) is 65.3 Å². The minimum Gasteiger partial charge on any atom is -0.481 e. The van der Waals surface area contributed by atoms with Crippen LogP contribution in [0.25, 0.3) is 0 Å². The van der Waals surface area contributed by atoms with Crippen LogP contribution in [0.1, 0.15) is 52.9 Å². The first-order valence-corrected chi connectivity index (χ1v) is 6.02. The number of ether oxygens (including phenoxy) is 2. The molecule has 0 rings (SSSR count). The van der Waals surface area contributed by atoms with E-state index in [2.05, 4.69) is 0 Å². The molecule has 0 aromatic heterocycles. The molecule has 0 aromatic carbocycles. The SMILES string of the molecule is CCC(C)OC(C)OC(=O)CCCCC(=O)O. The number of carboxylic acid groups (broad SMARTS) is 1. The molecule has 0 fully saturated rings. The van der Waals surface area contributed by atoms with Gasteiger partial charge in [0.2, 0.25) is 0 Å². The molecule has 0 heterocycles. The van der Waals surface area contributed by atoms with Gasteiger partial charge >= 0.3 is 11.9 Å². The monoisotopic (exact) mass is 246 g/mol. The molecule has 2 unspecified atom stereocenters. The lowest BCUT2D eigenvalue weighted by Crippen LogP contribution is -2.22. The summed E-state index contributed by atoms with van der Waals surface area (Å²) in [5, 5.41) is 8.41. The van der Waals surface area contributed by atoms with Crippen LogP contribution >= 0.6 is 0 Å². The molecule has 0 spiro atoms. The van der Waals surface area contributed by atoms with Gasteiger partial charge in [-0.3, -0.25) is 9.59 Å². The predicted octanol–water partition coefficient (Wildman–Crippen LogP) is 2.34. The highest BCUT2D eigenvalue weighted by Gasteiger charge is 2.12. The third kappa shape index (κ3) is 9.81. The third-order valence-electron chi connectivity index (χ3n) is 2.32. The van der Waals surface area contributed by atoms with E-state index in [1.54, 1.807) is 6.92 Å². The van der Waals surface area contributed by atoms with E-state index < -0.39 is 12.3 Å². The minimum atomic E-state index is -0.841. The Morgan fingerprint density at radius 2 is 1.76 bits per heavy atom. The molecular formula is C12H22O5. The van der Waals surface area contributed by atoms with Crippen LogP contribution in [-0.2, 0) is 19.1 Å². The quantitative estimate of drug-likeness (QED) is 0.384. The maximum absolute atomic E-state index is 11.3.